The van der Waals surface area contributed by atoms with Crippen molar-refractivity contribution >= 4 is 5.97 Å². The number of nitrogens with zero attached hydrogens (tertiary/aromatic N) is 1. The molecule has 0 fully saturated rings. The van der Waals surface area contributed by atoms with E-state index < -0.39 is 5.97 Å². The molecule has 0 saturated heterocycles. The number of aliphatic hydroxyl groups excluding tert-OH is 1. The van der Waals surface area contributed by atoms with E-state index in [0.29, 0.717) is 22.7 Å². The van der Waals surface area contributed by atoms with E-state index in [9.17, 15) is 15.0 Å². The zero-order valence-electron chi connectivity index (χ0n) is 11.3. The second-order valence-electron chi connectivity index (χ2n) is 4.40. The van der Waals surface area contributed by atoms with Crippen molar-refractivity contribution in [2.45, 2.75) is 20.5 Å². The number of carboxylic acid groups (broad SMARTS) is 1. The van der Waals surface area contributed by atoms with Crippen molar-refractivity contribution in [2.24, 2.45) is 0 Å². The first-order chi connectivity index (χ1) is 9.52. The lowest BCUT2D eigenvalue weighted by atomic mass is 10.1. The quantitative estimate of drug-likeness (QED) is 0.895. The van der Waals surface area contributed by atoms with Gasteiger partial charge in [-0.2, -0.15) is 0 Å². The van der Waals surface area contributed by atoms with E-state index >= 15 is 0 Å². The first-order valence-electron chi connectivity index (χ1n) is 6.11. The average molecular weight is 273 g/mol. The van der Waals surface area contributed by atoms with Crippen molar-refractivity contribution in [1.82, 2.24) is 4.98 Å². The Morgan fingerprint density at radius 3 is 2.60 bits per heavy atom. The molecule has 2 N–H and O–H groups in total. The minimum atomic E-state index is -1.09. The summed E-state index contributed by atoms with van der Waals surface area (Å²) in [6, 6.07) is 8.51. The molecule has 5 nitrogen and oxygen atoms in total. The molecule has 2 aromatic rings. The van der Waals surface area contributed by atoms with Crippen molar-refractivity contribution in [3.63, 3.8) is 0 Å². The highest BCUT2D eigenvalue weighted by Crippen LogP contribution is 2.30. The number of aryl methyl sites for hydroxylation is 2. The van der Waals surface area contributed by atoms with Gasteiger partial charge in [0.05, 0.1) is 12.3 Å². The minimum absolute atomic E-state index is 0.0309. The number of aliphatic hydroxyl groups is 1. The van der Waals surface area contributed by atoms with Crippen molar-refractivity contribution in [2.75, 3.05) is 0 Å². The molecule has 1 aromatic carbocycles. The zero-order valence-corrected chi connectivity index (χ0v) is 11.3. The van der Waals surface area contributed by atoms with Crippen LogP contribution >= 0.6 is 0 Å². The lowest BCUT2D eigenvalue weighted by molar-refractivity contribution is 0.0692. The molecular formula is C15H15NO4. The van der Waals surface area contributed by atoms with E-state index in [-0.39, 0.29) is 17.9 Å². The number of aromatic nitrogens is 1. The molecule has 104 valence electrons. The molecule has 0 aliphatic heterocycles. The Hall–Kier alpha value is -2.40. The Morgan fingerprint density at radius 1 is 1.25 bits per heavy atom. The van der Waals surface area contributed by atoms with Crippen molar-refractivity contribution in [3.8, 4) is 11.5 Å². The summed E-state index contributed by atoms with van der Waals surface area (Å²) < 4.78 is 5.67. The summed E-state index contributed by atoms with van der Waals surface area (Å²) in [5.74, 6) is -0.433. The number of carboxylic acids is 1. The Kier molecular flexibility index (Phi) is 4.00. The summed E-state index contributed by atoms with van der Waals surface area (Å²) in [6.45, 7) is 3.21. The standard InChI is InChI=1S/C15H15NO4/c1-9-7-13(14(15(18)19)10(2)16-9)20-12-6-4-3-5-11(12)8-17/h3-7,17H,8H2,1-2H3,(H,18,19). The fourth-order valence-corrected chi connectivity index (χ4v) is 1.99. The van der Waals surface area contributed by atoms with Crippen LogP contribution in [0, 0.1) is 13.8 Å². The van der Waals surface area contributed by atoms with Crippen LogP contribution in [0.15, 0.2) is 30.3 Å². The summed E-state index contributed by atoms with van der Waals surface area (Å²) in [7, 11) is 0. The van der Waals surface area contributed by atoms with Gasteiger partial charge in [0.15, 0.2) is 0 Å². The summed E-state index contributed by atoms with van der Waals surface area (Å²) in [5.41, 5.74) is 1.69. The summed E-state index contributed by atoms with van der Waals surface area (Å²) >= 11 is 0. The van der Waals surface area contributed by atoms with Crippen LogP contribution in [0.25, 0.3) is 0 Å². The van der Waals surface area contributed by atoms with Gasteiger partial charge in [-0.3, -0.25) is 4.98 Å². The van der Waals surface area contributed by atoms with Gasteiger partial charge in [0.25, 0.3) is 0 Å². The number of carbonyl (C=O) groups is 1. The van der Waals surface area contributed by atoms with Crippen LogP contribution in [-0.4, -0.2) is 21.2 Å². The van der Waals surface area contributed by atoms with E-state index in [1.54, 1.807) is 44.2 Å². The normalized spacial score (nSPS) is 10.3. The molecule has 0 bridgehead atoms. The topological polar surface area (TPSA) is 79.7 Å². The largest absolute Gasteiger partial charge is 0.477 e. The van der Waals surface area contributed by atoms with Gasteiger partial charge in [0, 0.05) is 17.3 Å². The van der Waals surface area contributed by atoms with E-state index in [1.807, 2.05) is 0 Å². The fraction of sp³-hybridized carbons (Fsp3) is 0.200. The van der Waals surface area contributed by atoms with Gasteiger partial charge in [0.1, 0.15) is 17.1 Å². The first kappa shape index (κ1) is 14.0. The number of benzene rings is 1. The summed E-state index contributed by atoms with van der Waals surface area (Å²) in [4.78, 5) is 15.5. The molecule has 0 atom stereocenters. The Balaban J connectivity index is 2.50. The maximum absolute atomic E-state index is 11.3. The molecule has 0 aliphatic rings. The van der Waals surface area contributed by atoms with Gasteiger partial charge in [0.2, 0.25) is 0 Å². The highest BCUT2D eigenvalue weighted by Gasteiger charge is 2.18. The van der Waals surface area contributed by atoms with Crippen molar-refractivity contribution in [1.29, 1.82) is 0 Å². The molecule has 5 heteroatoms. The fourth-order valence-electron chi connectivity index (χ4n) is 1.99. The van der Waals surface area contributed by atoms with Crippen LogP contribution < -0.4 is 4.74 Å². The maximum Gasteiger partial charge on any atom is 0.341 e. The van der Waals surface area contributed by atoms with E-state index in [4.69, 9.17) is 4.74 Å². The third-order valence-corrected chi connectivity index (χ3v) is 2.87. The molecular weight excluding hydrogens is 258 g/mol. The molecule has 0 saturated carbocycles. The number of para-hydroxylation sites is 1. The molecule has 0 amide bonds. The highest BCUT2D eigenvalue weighted by atomic mass is 16.5. The zero-order chi connectivity index (χ0) is 14.7. The van der Waals surface area contributed by atoms with Gasteiger partial charge in [-0.05, 0) is 19.9 Å². The smallest absolute Gasteiger partial charge is 0.341 e. The Labute approximate surface area is 116 Å². The number of ether oxygens (including phenoxy) is 1. The van der Waals surface area contributed by atoms with Gasteiger partial charge in [-0.1, -0.05) is 18.2 Å². The summed E-state index contributed by atoms with van der Waals surface area (Å²) in [6.07, 6.45) is 0. The van der Waals surface area contributed by atoms with Crippen molar-refractivity contribution in [3.05, 3.63) is 52.8 Å². The van der Waals surface area contributed by atoms with Crippen LogP contribution in [0.2, 0.25) is 0 Å². The van der Waals surface area contributed by atoms with Gasteiger partial charge in [-0.25, -0.2) is 4.79 Å². The highest BCUT2D eigenvalue weighted by molar-refractivity contribution is 5.92. The number of hydrogen-bond donors (Lipinski definition) is 2. The number of rotatable bonds is 4. The van der Waals surface area contributed by atoms with E-state index in [1.165, 1.54) is 0 Å². The molecule has 20 heavy (non-hydrogen) atoms. The third-order valence-electron chi connectivity index (χ3n) is 2.87. The monoisotopic (exact) mass is 273 g/mol. The third kappa shape index (κ3) is 2.78. The van der Waals surface area contributed by atoms with Gasteiger partial charge >= 0.3 is 5.97 Å². The predicted octanol–water partition coefficient (Wildman–Crippen LogP) is 2.68. The Bertz CT molecular complexity index is 652. The van der Waals surface area contributed by atoms with Crippen LogP contribution in [-0.2, 0) is 6.61 Å². The molecule has 1 heterocycles. The van der Waals surface area contributed by atoms with Crippen molar-refractivity contribution < 1.29 is 19.7 Å². The van der Waals surface area contributed by atoms with Crippen LogP contribution in [0.5, 0.6) is 11.5 Å². The number of hydrogen-bond acceptors (Lipinski definition) is 4. The number of aromatic carboxylic acids is 1. The molecule has 0 aliphatic carbocycles. The maximum atomic E-state index is 11.3. The molecule has 0 radical (unpaired) electrons. The van der Waals surface area contributed by atoms with Crippen LogP contribution in [0.3, 0.4) is 0 Å². The molecule has 1 aromatic heterocycles. The average Bonchev–Trinajstić information content (AvgIpc) is 2.38. The second-order valence-corrected chi connectivity index (χ2v) is 4.40. The van der Waals surface area contributed by atoms with Crippen LogP contribution in [0.4, 0.5) is 0 Å². The SMILES string of the molecule is Cc1cc(Oc2ccccc2CO)c(C(=O)O)c(C)n1. The lowest BCUT2D eigenvalue weighted by Gasteiger charge is -2.13. The Morgan fingerprint density at radius 2 is 1.95 bits per heavy atom. The molecule has 0 unspecified atom stereocenters. The second kappa shape index (κ2) is 5.71. The van der Waals surface area contributed by atoms with E-state index in [0.717, 1.165) is 0 Å². The molecule has 0 spiro atoms. The minimum Gasteiger partial charge on any atom is -0.477 e. The number of pyridine rings is 1. The predicted molar refractivity (Wildman–Crippen MR) is 73.1 cm³/mol. The van der Waals surface area contributed by atoms with E-state index in [2.05, 4.69) is 4.98 Å². The van der Waals surface area contributed by atoms with Gasteiger partial charge < -0.3 is 14.9 Å². The lowest BCUT2D eigenvalue weighted by Crippen LogP contribution is -2.06. The van der Waals surface area contributed by atoms with Crippen LogP contribution in [0.1, 0.15) is 27.3 Å². The molecule has 2 rings (SSSR count). The summed E-state index contributed by atoms with van der Waals surface area (Å²) in [5, 5.41) is 18.5. The van der Waals surface area contributed by atoms with Gasteiger partial charge in [-0.15, -0.1) is 0 Å². The first-order valence-corrected chi connectivity index (χ1v) is 6.11.